The summed E-state index contributed by atoms with van der Waals surface area (Å²) in [6, 6.07) is 0. The van der Waals surface area contributed by atoms with Crippen molar-refractivity contribution < 1.29 is 0 Å². The van der Waals surface area contributed by atoms with Crippen LogP contribution in [0.25, 0.3) is 0 Å². The predicted octanol–water partition coefficient (Wildman–Crippen LogP) is 13.5. The molecule has 0 aromatic rings. The third-order valence-corrected chi connectivity index (χ3v) is 40.2. The van der Waals surface area contributed by atoms with E-state index < -0.39 is 4.42 Å². The minimum absolute atomic E-state index is 1.29. The van der Waals surface area contributed by atoms with Crippen molar-refractivity contribution >= 4 is 82.9 Å². The Morgan fingerprint density at radius 2 is 0.912 bits per heavy atom. The summed E-state index contributed by atoms with van der Waals surface area (Å²) in [4.78, 5) is 0. The van der Waals surface area contributed by atoms with Crippen LogP contribution in [-0.4, -0.2) is 23.0 Å². The maximum atomic E-state index is 2.81. The zero-order valence-corrected chi connectivity index (χ0v) is 28.4. The van der Waals surface area contributed by atoms with E-state index in [0.717, 1.165) is 0 Å². The molecule has 0 amide bonds. The highest BCUT2D eigenvalue weighted by molar-refractivity contribution is 9.84. The molecule has 0 saturated carbocycles. The summed E-state index contributed by atoms with van der Waals surface area (Å²) in [6.07, 6.45) is 16.1. The summed E-state index contributed by atoms with van der Waals surface area (Å²) in [5.74, 6) is 5.18. The van der Waals surface area contributed by atoms with Crippen LogP contribution in [0.5, 0.6) is 0 Å². The first-order chi connectivity index (χ1) is 16.6. The Morgan fingerprint density at radius 3 is 1.26 bits per heavy atom. The van der Waals surface area contributed by atoms with Gasteiger partial charge in [0.05, 0.1) is 8.47 Å². The molecule has 0 aromatic carbocycles. The molecule has 8 heteroatoms. The van der Waals surface area contributed by atoms with Gasteiger partial charge in [-0.1, -0.05) is 162 Å². The molecule has 200 valence electrons. The molecule has 0 atom stereocenters. The van der Waals surface area contributed by atoms with E-state index in [1.54, 1.807) is 8.47 Å². The first kappa shape index (κ1) is 32.2. The van der Waals surface area contributed by atoms with E-state index in [0.29, 0.717) is 0 Å². The Balaban J connectivity index is 2.59. The van der Waals surface area contributed by atoms with E-state index in [2.05, 4.69) is 104 Å². The van der Waals surface area contributed by atoms with Crippen LogP contribution in [0.4, 0.5) is 0 Å². The Kier molecular flexibility index (Phi) is 15.4. The fourth-order valence-electron chi connectivity index (χ4n) is 3.90. The second-order valence-electron chi connectivity index (χ2n) is 8.83. The molecular formula is C26H48S8. The average Bonchev–Trinajstić information content (AvgIpc) is 3.49. The molecule has 2 rings (SSSR count). The van der Waals surface area contributed by atoms with Gasteiger partial charge in [-0.05, 0) is 47.3 Å². The minimum atomic E-state index is -2.87. The van der Waals surface area contributed by atoms with Crippen molar-refractivity contribution in [2.45, 2.75) is 105 Å². The van der Waals surface area contributed by atoms with Gasteiger partial charge in [-0.2, -0.15) is 0 Å². The SMILES string of the molecule is CCCCCSS1(SCCCCC)(SCCCCC)(SCCCCC)C=CSC1=C1SC=CS1. The summed E-state index contributed by atoms with van der Waals surface area (Å²) in [5, 5.41) is 9.96. The van der Waals surface area contributed by atoms with Crippen LogP contribution in [0.1, 0.15) is 105 Å². The van der Waals surface area contributed by atoms with E-state index >= 15 is 0 Å². The zero-order valence-electron chi connectivity index (χ0n) is 21.9. The standard InChI is InChI=1S/C26H48S8/c1-5-9-13-17-30-34(31-18-14-10-6-2,32-19-15-11-7-3,33-20-16-12-8-4)24-23-29-26(34)25-27-21-22-28-25/h21-24H,5-20H2,1-4H3. The summed E-state index contributed by atoms with van der Waals surface area (Å²) in [5.41, 5.74) is 0. The average molecular weight is 617 g/mol. The normalized spacial score (nSPS) is 22.0. The highest BCUT2D eigenvalue weighted by atomic mass is 34.1. The molecule has 34 heavy (non-hydrogen) atoms. The first-order valence-corrected chi connectivity index (χ1v) is 24.5. The fraction of sp³-hybridized carbons (Fsp3) is 0.769. The van der Waals surface area contributed by atoms with Gasteiger partial charge in [0.1, 0.15) is 0 Å². The molecule has 2 heterocycles. The van der Waals surface area contributed by atoms with Crippen LogP contribution in [0, 0.1) is 0 Å². The Hall–Kier alpha value is 2.02. The lowest BCUT2D eigenvalue weighted by Crippen LogP contribution is -2.21. The second kappa shape index (κ2) is 16.2. The van der Waals surface area contributed by atoms with Gasteiger partial charge in [0.15, 0.2) is 0 Å². The number of unbranched alkanes of at least 4 members (excludes halogenated alkanes) is 8. The van der Waals surface area contributed by atoms with E-state index in [4.69, 9.17) is 0 Å². The molecule has 0 unspecified atom stereocenters. The maximum Gasteiger partial charge on any atom is 0.0698 e. The fourth-order valence-corrected chi connectivity index (χ4v) is 42.1. The third-order valence-electron chi connectivity index (χ3n) is 5.91. The highest BCUT2D eigenvalue weighted by Gasteiger charge is 2.66. The molecule has 0 fully saturated rings. The topological polar surface area (TPSA) is 0 Å². The lowest BCUT2D eigenvalue weighted by atomic mass is 10.3. The largest absolute Gasteiger partial charge is 0.0948 e. The van der Waals surface area contributed by atoms with Crippen molar-refractivity contribution in [3.8, 4) is 0 Å². The van der Waals surface area contributed by atoms with E-state index in [9.17, 15) is 0 Å². The molecule has 0 bridgehead atoms. The van der Waals surface area contributed by atoms with E-state index in [-0.39, 0.29) is 0 Å². The molecule has 2 aliphatic rings. The summed E-state index contributed by atoms with van der Waals surface area (Å²) >= 11 is 6.07. The molecular weight excluding hydrogens is 569 g/mol. The lowest BCUT2D eigenvalue weighted by molar-refractivity contribution is 0.779. The van der Waals surface area contributed by atoms with Crippen LogP contribution in [0.15, 0.2) is 30.1 Å². The van der Waals surface area contributed by atoms with Crippen LogP contribution >= 0.6 is 82.9 Å². The molecule has 0 aliphatic carbocycles. The molecule has 0 saturated heterocycles. The first-order valence-electron chi connectivity index (χ1n) is 13.3. The maximum absolute atomic E-state index is 2.87. The highest BCUT2D eigenvalue weighted by Crippen LogP contribution is 3.23. The van der Waals surface area contributed by atoms with Crippen LogP contribution < -0.4 is 0 Å². The van der Waals surface area contributed by atoms with Gasteiger partial charge in [0, 0.05) is 23.0 Å². The number of rotatable bonds is 20. The summed E-state index contributed by atoms with van der Waals surface area (Å²) in [6.45, 7) is 9.37. The molecule has 0 aromatic heterocycles. The van der Waals surface area contributed by atoms with Crippen LogP contribution in [0.3, 0.4) is 0 Å². The van der Waals surface area contributed by atoms with Crippen LogP contribution in [-0.2, 0) is 0 Å². The van der Waals surface area contributed by atoms with Crippen molar-refractivity contribution in [3.05, 3.63) is 30.1 Å². The monoisotopic (exact) mass is 616 g/mol. The van der Waals surface area contributed by atoms with Crippen LogP contribution in [0.2, 0.25) is 0 Å². The Bertz CT molecular complexity index is 623. The van der Waals surface area contributed by atoms with Gasteiger partial charge in [0.2, 0.25) is 0 Å². The zero-order chi connectivity index (χ0) is 24.7. The Labute approximate surface area is 238 Å². The summed E-state index contributed by atoms with van der Waals surface area (Å²) < 4.78 is 0.454. The molecule has 0 spiro atoms. The van der Waals surface area contributed by atoms with Crippen molar-refractivity contribution in [2.75, 3.05) is 23.0 Å². The minimum Gasteiger partial charge on any atom is -0.0948 e. The van der Waals surface area contributed by atoms with Crippen molar-refractivity contribution in [1.82, 2.24) is 0 Å². The third kappa shape index (κ3) is 8.02. The molecule has 0 N–H and O–H groups in total. The van der Waals surface area contributed by atoms with E-state index in [1.165, 1.54) is 100 Å². The van der Waals surface area contributed by atoms with Gasteiger partial charge in [0.25, 0.3) is 0 Å². The van der Waals surface area contributed by atoms with Crippen molar-refractivity contribution in [2.24, 2.45) is 0 Å². The van der Waals surface area contributed by atoms with Gasteiger partial charge in [-0.15, -0.1) is 0 Å². The number of thioether (sulfide) groups is 3. The van der Waals surface area contributed by atoms with Gasteiger partial charge < -0.3 is 0 Å². The number of hydrogen-bond acceptors (Lipinski definition) is 7. The van der Waals surface area contributed by atoms with E-state index in [1.807, 2.05) is 23.5 Å². The van der Waals surface area contributed by atoms with Gasteiger partial charge in [-0.3, -0.25) is 0 Å². The Morgan fingerprint density at radius 1 is 0.529 bits per heavy atom. The molecule has 2 aliphatic heterocycles. The quantitative estimate of drug-likeness (QED) is 0.0972. The molecule has 0 radical (unpaired) electrons. The summed E-state index contributed by atoms with van der Waals surface area (Å²) in [7, 11) is 9.69. The van der Waals surface area contributed by atoms with Crippen molar-refractivity contribution in [1.29, 1.82) is 0 Å². The van der Waals surface area contributed by atoms with Gasteiger partial charge in [-0.25, -0.2) is 0 Å². The second-order valence-corrected chi connectivity index (χ2v) is 34.8. The molecule has 0 nitrogen and oxygen atoms in total. The predicted molar refractivity (Wildman–Crippen MR) is 184 cm³/mol. The smallest absolute Gasteiger partial charge is 0.0698 e. The lowest BCUT2D eigenvalue weighted by Gasteiger charge is -2.73. The van der Waals surface area contributed by atoms with Crippen molar-refractivity contribution in [3.63, 3.8) is 0 Å². The number of hydrogen-bond donors (Lipinski definition) is 0. The van der Waals surface area contributed by atoms with Gasteiger partial charge >= 0.3 is 0 Å².